The maximum absolute atomic E-state index is 12.9. The van der Waals surface area contributed by atoms with Crippen molar-refractivity contribution < 1.29 is 18.3 Å². The monoisotopic (exact) mass is 276 g/mol. The van der Waals surface area contributed by atoms with Gasteiger partial charge in [0.1, 0.15) is 5.82 Å². The van der Waals surface area contributed by atoms with E-state index in [0.29, 0.717) is 5.56 Å². The van der Waals surface area contributed by atoms with Crippen molar-refractivity contribution in [2.24, 2.45) is 5.73 Å². The van der Waals surface area contributed by atoms with Gasteiger partial charge in [-0.25, -0.2) is 13.2 Å². The zero-order valence-electron chi connectivity index (χ0n) is 10.8. The predicted octanol–water partition coefficient (Wildman–Crippen LogP) is 1.77. The minimum Gasteiger partial charge on any atom is -0.395 e. The molecule has 0 aliphatic carbocycles. The van der Waals surface area contributed by atoms with Gasteiger partial charge >= 0.3 is 0 Å². The van der Waals surface area contributed by atoms with Crippen LogP contribution in [0.25, 0.3) is 0 Å². The van der Waals surface area contributed by atoms with E-state index >= 15 is 0 Å². The molecule has 0 aromatic heterocycles. The topological polar surface area (TPSA) is 49.5 Å². The number of benzene rings is 1. The smallest absolute Gasteiger partial charge is 0.251 e. The summed E-state index contributed by atoms with van der Waals surface area (Å²) < 4.78 is 38.1. The second kappa shape index (κ2) is 7.47. The average molecular weight is 276 g/mol. The van der Waals surface area contributed by atoms with Crippen LogP contribution in [0.1, 0.15) is 18.5 Å². The molecule has 1 aromatic rings. The van der Waals surface area contributed by atoms with Gasteiger partial charge in [0.05, 0.1) is 13.2 Å². The Balaban J connectivity index is 2.98. The molecule has 0 heterocycles. The van der Waals surface area contributed by atoms with Gasteiger partial charge in [-0.05, 0) is 24.6 Å². The maximum Gasteiger partial charge on any atom is 0.251 e. The number of hydrogen-bond acceptors (Lipinski definition) is 3. The van der Waals surface area contributed by atoms with Gasteiger partial charge in [0.2, 0.25) is 0 Å². The summed E-state index contributed by atoms with van der Waals surface area (Å²) in [6.45, 7) is 1.07. The lowest BCUT2D eigenvalue weighted by molar-refractivity contribution is 0.0487. The molecule has 0 amide bonds. The summed E-state index contributed by atoms with van der Waals surface area (Å²) in [5.41, 5.74) is 6.51. The Morgan fingerprint density at radius 1 is 1.26 bits per heavy atom. The van der Waals surface area contributed by atoms with E-state index in [1.165, 1.54) is 29.2 Å². The van der Waals surface area contributed by atoms with Crippen LogP contribution < -0.4 is 5.73 Å². The van der Waals surface area contributed by atoms with E-state index in [1.807, 2.05) is 0 Å². The van der Waals surface area contributed by atoms with E-state index in [9.17, 15) is 13.2 Å². The van der Waals surface area contributed by atoms with Crippen LogP contribution in [-0.2, 0) is 0 Å². The molecule has 0 aliphatic heterocycles. The van der Waals surface area contributed by atoms with Crippen LogP contribution in [0.4, 0.5) is 13.2 Å². The Morgan fingerprint density at radius 2 is 1.84 bits per heavy atom. The van der Waals surface area contributed by atoms with E-state index < -0.39 is 30.9 Å². The molecule has 0 aliphatic rings. The van der Waals surface area contributed by atoms with Crippen LogP contribution in [0.5, 0.6) is 0 Å². The molecule has 0 saturated heterocycles. The molecule has 0 fully saturated rings. The Hall–Kier alpha value is -1.11. The first-order chi connectivity index (χ1) is 8.95. The second-order valence-corrected chi connectivity index (χ2v) is 4.47. The fourth-order valence-corrected chi connectivity index (χ4v) is 2.16. The lowest BCUT2D eigenvalue weighted by Gasteiger charge is -2.34. The zero-order chi connectivity index (χ0) is 14.4. The van der Waals surface area contributed by atoms with Gasteiger partial charge in [0.15, 0.2) is 0 Å². The highest BCUT2D eigenvalue weighted by molar-refractivity contribution is 5.21. The molecule has 2 atom stereocenters. The molecule has 0 spiro atoms. The molecule has 3 nitrogen and oxygen atoms in total. The molecule has 6 heteroatoms. The Morgan fingerprint density at radius 3 is 2.26 bits per heavy atom. The van der Waals surface area contributed by atoms with Crippen LogP contribution in [-0.4, -0.2) is 42.2 Å². The van der Waals surface area contributed by atoms with E-state index in [2.05, 4.69) is 0 Å². The molecule has 2 unspecified atom stereocenters. The molecule has 1 aromatic carbocycles. The standard InChI is InChI=1S/C13H19F3N2O/c1-9(17)13(10-2-4-11(14)5-3-10)18(6-7-19)8-12(15)16/h2-5,9,12-13,19H,6-8,17H2,1H3. The predicted molar refractivity (Wildman–Crippen MR) is 67.5 cm³/mol. The summed E-state index contributed by atoms with van der Waals surface area (Å²) in [5, 5.41) is 8.98. The van der Waals surface area contributed by atoms with Crippen molar-refractivity contribution in [2.45, 2.75) is 25.4 Å². The first kappa shape index (κ1) is 15.9. The Labute approximate surface area is 110 Å². The number of rotatable bonds is 7. The highest BCUT2D eigenvalue weighted by Crippen LogP contribution is 2.24. The quantitative estimate of drug-likeness (QED) is 0.798. The van der Waals surface area contributed by atoms with Gasteiger partial charge in [-0.15, -0.1) is 0 Å². The SMILES string of the molecule is CC(N)C(c1ccc(F)cc1)N(CCO)CC(F)F. The summed E-state index contributed by atoms with van der Waals surface area (Å²) in [6, 6.07) is 4.69. The molecule has 0 saturated carbocycles. The minimum absolute atomic E-state index is 0.0912. The number of aliphatic hydroxyl groups excluding tert-OH is 1. The van der Waals surface area contributed by atoms with E-state index in [1.54, 1.807) is 6.92 Å². The number of nitrogens with zero attached hydrogens (tertiary/aromatic N) is 1. The fraction of sp³-hybridized carbons (Fsp3) is 0.538. The Bertz CT molecular complexity index is 371. The highest BCUT2D eigenvalue weighted by Gasteiger charge is 2.26. The van der Waals surface area contributed by atoms with E-state index in [4.69, 9.17) is 10.8 Å². The van der Waals surface area contributed by atoms with E-state index in [-0.39, 0.29) is 13.2 Å². The summed E-state index contributed by atoms with van der Waals surface area (Å²) in [4.78, 5) is 1.42. The van der Waals surface area contributed by atoms with Gasteiger partial charge in [-0.1, -0.05) is 12.1 Å². The lowest BCUT2D eigenvalue weighted by Crippen LogP contribution is -2.43. The average Bonchev–Trinajstić information content (AvgIpc) is 2.31. The van der Waals surface area contributed by atoms with Crippen molar-refractivity contribution in [1.82, 2.24) is 4.90 Å². The lowest BCUT2D eigenvalue weighted by atomic mass is 9.99. The third-order valence-corrected chi connectivity index (χ3v) is 2.86. The number of alkyl halides is 2. The fourth-order valence-electron chi connectivity index (χ4n) is 2.16. The first-order valence-electron chi connectivity index (χ1n) is 6.09. The van der Waals surface area contributed by atoms with Crippen LogP contribution in [0.3, 0.4) is 0 Å². The van der Waals surface area contributed by atoms with Gasteiger partial charge < -0.3 is 10.8 Å². The van der Waals surface area contributed by atoms with Crippen molar-refractivity contribution in [1.29, 1.82) is 0 Å². The second-order valence-electron chi connectivity index (χ2n) is 4.47. The number of halogens is 3. The van der Waals surface area contributed by atoms with Crippen molar-refractivity contribution in [2.75, 3.05) is 19.7 Å². The zero-order valence-corrected chi connectivity index (χ0v) is 10.8. The highest BCUT2D eigenvalue weighted by atomic mass is 19.3. The summed E-state index contributed by atoms with van der Waals surface area (Å²) >= 11 is 0. The van der Waals surface area contributed by atoms with Gasteiger partial charge in [0.25, 0.3) is 6.43 Å². The van der Waals surface area contributed by atoms with Gasteiger partial charge in [-0.2, -0.15) is 0 Å². The molecular weight excluding hydrogens is 257 g/mol. The van der Waals surface area contributed by atoms with Gasteiger partial charge in [0, 0.05) is 18.6 Å². The summed E-state index contributed by atoms with van der Waals surface area (Å²) in [6.07, 6.45) is -2.52. The van der Waals surface area contributed by atoms with Crippen LogP contribution in [0.15, 0.2) is 24.3 Å². The van der Waals surface area contributed by atoms with Crippen molar-refractivity contribution >= 4 is 0 Å². The minimum atomic E-state index is -2.52. The normalized spacial score (nSPS) is 14.9. The largest absolute Gasteiger partial charge is 0.395 e. The number of aliphatic hydroxyl groups is 1. The molecular formula is C13H19F3N2O. The molecule has 1 rings (SSSR count). The summed E-state index contributed by atoms with van der Waals surface area (Å²) in [7, 11) is 0. The van der Waals surface area contributed by atoms with Crippen LogP contribution >= 0.6 is 0 Å². The van der Waals surface area contributed by atoms with Crippen molar-refractivity contribution in [3.8, 4) is 0 Å². The van der Waals surface area contributed by atoms with Gasteiger partial charge in [-0.3, -0.25) is 4.90 Å². The van der Waals surface area contributed by atoms with Crippen LogP contribution in [0, 0.1) is 5.82 Å². The molecule has 0 bridgehead atoms. The van der Waals surface area contributed by atoms with Crippen molar-refractivity contribution in [3.05, 3.63) is 35.6 Å². The third kappa shape index (κ3) is 4.81. The summed E-state index contributed by atoms with van der Waals surface area (Å²) in [5.74, 6) is -0.394. The number of hydrogen-bond donors (Lipinski definition) is 2. The molecule has 108 valence electrons. The Kier molecular flexibility index (Phi) is 6.27. The molecule has 3 N–H and O–H groups in total. The first-order valence-corrected chi connectivity index (χ1v) is 6.09. The number of nitrogens with two attached hydrogens (primary N) is 1. The van der Waals surface area contributed by atoms with E-state index in [0.717, 1.165) is 0 Å². The van der Waals surface area contributed by atoms with Crippen LogP contribution in [0.2, 0.25) is 0 Å². The third-order valence-electron chi connectivity index (χ3n) is 2.86. The van der Waals surface area contributed by atoms with Crippen molar-refractivity contribution in [3.63, 3.8) is 0 Å². The maximum atomic E-state index is 12.9. The molecule has 0 radical (unpaired) electrons. The molecule has 19 heavy (non-hydrogen) atoms.